The maximum Gasteiger partial charge on any atom is 0.150 e. The molecule has 0 aromatic heterocycles. The van der Waals surface area contributed by atoms with Crippen molar-refractivity contribution < 1.29 is 4.79 Å². The van der Waals surface area contributed by atoms with E-state index in [0.29, 0.717) is 5.56 Å². The van der Waals surface area contributed by atoms with E-state index in [1.54, 1.807) is 0 Å². The number of fused-ring (bicyclic) bond motifs is 3. The van der Waals surface area contributed by atoms with Gasteiger partial charge in [-0.05, 0) is 45.5 Å². The smallest absolute Gasteiger partial charge is 0.150 e. The van der Waals surface area contributed by atoms with Gasteiger partial charge in [0.25, 0.3) is 0 Å². The zero-order chi connectivity index (χ0) is 19.1. The Hall–Kier alpha value is -2.97. The fraction of sp³-hybridized carbons (Fsp3) is 0.0385. The summed E-state index contributed by atoms with van der Waals surface area (Å²) in [6.07, 6.45) is 0.895. The first-order valence-corrected chi connectivity index (χ1v) is 10.1. The molecular formula is C26H17BrO. The Labute approximate surface area is 172 Å². The second kappa shape index (κ2) is 6.57. The van der Waals surface area contributed by atoms with Crippen LogP contribution in [0, 0.1) is 0 Å². The third-order valence-electron chi connectivity index (χ3n) is 5.69. The molecule has 0 spiro atoms. The average Bonchev–Trinajstić information content (AvgIpc) is 3.05. The highest BCUT2D eigenvalue weighted by atomic mass is 79.9. The molecule has 5 rings (SSSR count). The van der Waals surface area contributed by atoms with Crippen LogP contribution in [-0.2, 0) is 5.41 Å². The van der Waals surface area contributed by atoms with Crippen LogP contribution in [0.1, 0.15) is 32.6 Å². The van der Waals surface area contributed by atoms with Gasteiger partial charge in [0, 0.05) is 10.0 Å². The fourth-order valence-corrected chi connectivity index (χ4v) is 4.90. The highest BCUT2D eigenvalue weighted by molar-refractivity contribution is 9.10. The zero-order valence-corrected chi connectivity index (χ0v) is 16.7. The molecule has 28 heavy (non-hydrogen) atoms. The van der Waals surface area contributed by atoms with Crippen molar-refractivity contribution in [3.05, 3.63) is 129 Å². The summed E-state index contributed by atoms with van der Waals surface area (Å²) in [5.41, 5.74) is 7.69. The number of carbonyl (C=O) groups is 1. The third-order valence-corrected chi connectivity index (χ3v) is 6.19. The molecule has 0 aliphatic heterocycles. The van der Waals surface area contributed by atoms with E-state index in [0.717, 1.165) is 16.3 Å². The summed E-state index contributed by atoms with van der Waals surface area (Å²) in [4.78, 5) is 11.2. The van der Waals surface area contributed by atoms with Crippen molar-refractivity contribution in [1.29, 1.82) is 0 Å². The van der Waals surface area contributed by atoms with Crippen molar-refractivity contribution in [3.8, 4) is 11.1 Å². The fourth-order valence-electron chi connectivity index (χ4n) is 4.54. The van der Waals surface area contributed by atoms with Crippen molar-refractivity contribution in [2.45, 2.75) is 5.41 Å². The lowest BCUT2D eigenvalue weighted by atomic mass is 9.67. The Morgan fingerprint density at radius 3 is 2.04 bits per heavy atom. The van der Waals surface area contributed by atoms with Crippen molar-refractivity contribution >= 4 is 22.2 Å². The lowest BCUT2D eigenvalue weighted by Gasteiger charge is -2.34. The Kier molecular flexibility index (Phi) is 4.03. The summed E-state index contributed by atoms with van der Waals surface area (Å²) in [5.74, 6) is 0. The second-order valence-corrected chi connectivity index (χ2v) is 8.01. The van der Waals surface area contributed by atoms with E-state index in [-0.39, 0.29) is 0 Å². The third kappa shape index (κ3) is 2.35. The normalized spacial score (nSPS) is 17.0. The van der Waals surface area contributed by atoms with Gasteiger partial charge in [-0.1, -0.05) is 101 Å². The first-order valence-electron chi connectivity index (χ1n) is 9.26. The molecule has 0 radical (unpaired) electrons. The Morgan fingerprint density at radius 2 is 1.29 bits per heavy atom. The van der Waals surface area contributed by atoms with E-state index < -0.39 is 5.41 Å². The molecule has 0 amide bonds. The monoisotopic (exact) mass is 424 g/mol. The minimum atomic E-state index is -0.418. The largest absolute Gasteiger partial charge is 0.298 e. The zero-order valence-electron chi connectivity index (χ0n) is 15.1. The molecule has 1 aliphatic rings. The molecule has 1 nitrogen and oxygen atoms in total. The van der Waals surface area contributed by atoms with E-state index in [1.165, 1.54) is 27.8 Å². The quantitative estimate of drug-likeness (QED) is 0.297. The van der Waals surface area contributed by atoms with Gasteiger partial charge < -0.3 is 0 Å². The molecular weight excluding hydrogens is 408 g/mol. The molecule has 4 aromatic rings. The summed E-state index contributed by atoms with van der Waals surface area (Å²) < 4.78 is 1.06. The number of rotatable bonds is 3. The summed E-state index contributed by atoms with van der Waals surface area (Å²) in [7, 11) is 0. The molecule has 134 valence electrons. The molecule has 0 fully saturated rings. The van der Waals surface area contributed by atoms with Gasteiger partial charge in [-0.2, -0.15) is 0 Å². The van der Waals surface area contributed by atoms with Crippen LogP contribution < -0.4 is 0 Å². The van der Waals surface area contributed by atoms with Crippen LogP contribution in [0.25, 0.3) is 11.1 Å². The van der Waals surface area contributed by atoms with Gasteiger partial charge in [-0.25, -0.2) is 0 Å². The molecule has 2 heteroatoms. The SMILES string of the molecule is O=Cc1ccc(C2(c3ccccc3)c3ccccc3-c3ccc(Br)cc32)cc1. The van der Waals surface area contributed by atoms with Gasteiger partial charge in [-0.3, -0.25) is 4.79 Å². The van der Waals surface area contributed by atoms with Crippen LogP contribution in [0.4, 0.5) is 0 Å². The number of aldehydes is 1. The number of carbonyl (C=O) groups excluding carboxylic acids is 1. The second-order valence-electron chi connectivity index (χ2n) is 7.09. The molecule has 0 saturated carbocycles. The van der Waals surface area contributed by atoms with Crippen LogP contribution >= 0.6 is 15.9 Å². The number of hydrogen-bond acceptors (Lipinski definition) is 1. The molecule has 1 unspecified atom stereocenters. The highest BCUT2D eigenvalue weighted by Crippen LogP contribution is 2.56. The van der Waals surface area contributed by atoms with E-state index in [2.05, 4.69) is 101 Å². The van der Waals surface area contributed by atoms with Gasteiger partial charge >= 0.3 is 0 Å². The maximum absolute atomic E-state index is 11.2. The predicted octanol–water partition coefficient (Wildman–Crippen LogP) is 6.62. The standard InChI is InChI=1S/C26H17BrO/c27-21-14-15-23-22-8-4-5-9-24(22)26(25(23)16-21,19-6-2-1-3-7-19)20-12-10-18(17-28)11-13-20/h1-17H. The average molecular weight is 425 g/mol. The molecule has 1 atom stereocenters. The lowest BCUT2D eigenvalue weighted by Crippen LogP contribution is -2.28. The van der Waals surface area contributed by atoms with E-state index in [4.69, 9.17) is 0 Å². The Morgan fingerprint density at radius 1 is 0.643 bits per heavy atom. The van der Waals surface area contributed by atoms with Crippen LogP contribution in [0.5, 0.6) is 0 Å². The van der Waals surface area contributed by atoms with Crippen LogP contribution in [0.3, 0.4) is 0 Å². The predicted molar refractivity (Wildman–Crippen MR) is 117 cm³/mol. The van der Waals surface area contributed by atoms with E-state index in [9.17, 15) is 4.79 Å². The number of halogens is 1. The molecule has 0 saturated heterocycles. The molecule has 0 bridgehead atoms. The maximum atomic E-state index is 11.2. The van der Waals surface area contributed by atoms with Crippen molar-refractivity contribution in [2.24, 2.45) is 0 Å². The number of hydrogen-bond donors (Lipinski definition) is 0. The van der Waals surface area contributed by atoms with Crippen molar-refractivity contribution in [2.75, 3.05) is 0 Å². The van der Waals surface area contributed by atoms with Gasteiger partial charge in [0.1, 0.15) is 6.29 Å². The first-order chi connectivity index (χ1) is 13.7. The van der Waals surface area contributed by atoms with Gasteiger partial charge in [0.15, 0.2) is 0 Å². The van der Waals surface area contributed by atoms with Crippen LogP contribution in [0.2, 0.25) is 0 Å². The number of benzene rings is 4. The Bertz CT molecular complexity index is 1180. The minimum absolute atomic E-state index is 0.418. The van der Waals surface area contributed by atoms with Crippen molar-refractivity contribution in [3.63, 3.8) is 0 Å². The van der Waals surface area contributed by atoms with Crippen LogP contribution in [0.15, 0.2) is 102 Å². The summed E-state index contributed by atoms with van der Waals surface area (Å²) in [5, 5.41) is 0. The van der Waals surface area contributed by atoms with Crippen LogP contribution in [-0.4, -0.2) is 6.29 Å². The Balaban J connectivity index is 1.94. The molecule has 4 aromatic carbocycles. The van der Waals surface area contributed by atoms with Gasteiger partial charge in [0.2, 0.25) is 0 Å². The summed E-state index contributed by atoms with van der Waals surface area (Å²) in [6, 6.07) is 33.8. The molecule has 0 heterocycles. The summed E-state index contributed by atoms with van der Waals surface area (Å²) in [6.45, 7) is 0. The minimum Gasteiger partial charge on any atom is -0.298 e. The molecule has 0 N–H and O–H groups in total. The molecule has 1 aliphatic carbocycles. The van der Waals surface area contributed by atoms with Gasteiger partial charge in [0.05, 0.1) is 5.41 Å². The van der Waals surface area contributed by atoms with E-state index in [1.807, 2.05) is 12.1 Å². The first kappa shape index (κ1) is 17.2. The van der Waals surface area contributed by atoms with Gasteiger partial charge in [-0.15, -0.1) is 0 Å². The van der Waals surface area contributed by atoms with E-state index >= 15 is 0 Å². The lowest BCUT2D eigenvalue weighted by molar-refractivity contribution is 0.112. The topological polar surface area (TPSA) is 17.1 Å². The van der Waals surface area contributed by atoms with Crippen molar-refractivity contribution in [1.82, 2.24) is 0 Å². The summed E-state index contributed by atoms with van der Waals surface area (Å²) >= 11 is 3.68. The highest BCUT2D eigenvalue weighted by Gasteiger charge is 2.45.